The Labute approximate surface area is 94.3 Å². The Morgan fingerprint density at radius 2 is 1.94 bits per heavy atom. The Kier molecular flexibility index (Phi) is 4.41. The number of nitrogens with one attached hydrogen (secondary N) is 1. The fourth-order valence-corrected chi connectivity index (χ4v) is 1.16. The Hall–Kier alpha value is -1.21. The van der Waals surface area contributed by atoms with Crippen molar-refractivity contribution in [2.24, 2.45) is 0 Å². The zero-order valence-electron chi connectivity index (χ0n) is 8.81. The third-order valence-corrected chi connectivity index (χ3v) is 1.92. The van der Waals surface area contributed by atoms with E-state index in [4.69, 9.17) is 0 Å². The highest BCUT2D eigenvalue weighted by Gasteiger charge is 2.28. The molecule has 0 amide bonds. The molecule has 0 aliphatic carbocycles. The molecule has 0 spiro atoms. The van der Waals surface area contributed by atoms with Gasteiger partial charge in [0.1, 0.15) is 11.6 Å². The van der Waals surface area contributed by atoms with Crippen LogP contribution in [0.2, 0.25) is 0 Å². The maximum atomic E-state index is 13.2. The number of hydrogen-bond donors (Lipinski definition) is 1. The highest BCUT2D eigenvalue weighted by molar-refractivity contribution is 5.21. The van der Waals surface area contributed by atoms with Gasteiger partial charge in [-0.05, 0) is 13.0 Å². The molecule has 1 unspecified atom stereocenters. The SMILES string of the molecule is CC(NOCC(F)(F)F)c1ccc(F)cc1F. The maximum absolute atomic E-state index is 13.2. The second kappa shape index (κ2) is 5.42. The lowest BCUT2D eigenvalue weighted by Gasteiger charge is -2.15. The summed E-state index contributed by atoms with van der Waals surface area (Å²) < 4.78 is 61.0. The lowest BCUT2D eigenvalue weighted by atomic mass is 10.1. The van der Waals surface area contributed by atoms with Crippen molar-refractivity contribution >= 4 is 0 Å². The molecule has 1 aromatic carbocycles. The number of hydroxylamine groups is 1. The molecular weight excluding hydrogens is 245 g/mol. The largest absolute Gasteiger partial charge is 0.413 e. The minimum Gasteiger partial charge on any atom is -0.292 e. The maximum Gasteiger partial charge on any atom is 0.413 e. The summed E-state index contributed by atoms with van der Waals surface area (Å²) in [6.07, 6.45) is -4.46. The zero-order chi connectivity index (χ0) is 13.1. The molecule has 0 aliphatic rings. The first-order valence-corrected chi connectivity index (χ1v) is 4.68. The van der Waals surface area contributed by atoms with Crippen LogP contribution in [0.25, 0.3) is 0 Å². The van der Waals surface area contributed by atoms with Crippen LogP contribution in [-0.2, 0) is 4.84 Å². The van der Waals surface area contributed by atoms with Crippen LogP contribution in [0.1, 0.15) is 18.5 Å². The smallest absolute Gasteiger partial charge is 0.292 e. The summed E-state index contributed by atoms with van der Waals surface area (Å²) >= 11 is 0. The lowest BCUT2D eigenvalue weighted by Crippen LogP contribution is -2.27. The fraction of sp³-hybridized carbons (Fsp3) is 0.400. The van der Waals surface area contributed by atoms with E-state index in [-0.39, 0.29) is 5.56 Å². The minimum absolute atomic E-state index is 0.0218. The van der Waals surface area contributed by atoms with E-state index < -0.39 is 30.5 Å². The van der Waals surface area contributed by atoms with Gasteiger partial charge in [0.2, 0.25) is 0 Å². The van der Waals surface area contributed by atoms with E-state index in [1.807, 2.05) is 5.48 Å². The summed E-state index contributed by atoms with van der Waals surface area (Å²) in [6, 6.07) is 1.98. The van der Waals surface area contributed by atoms with Crippen molar-refractivity contribution < 1.29 is 26.8 Å². The van der Waals surface area contributed by atoms with Gasteiger partial charge in [-0.1, -0.05) is 6.07 Å². The number of benzene rings is 1. The van der Waals surface area contributed by atoms with Crippen molar-refractivity contribution in [3.8, 4) is 0 Å². The summed E-state index contributed by atoms with van der Waals surface area (Å²) in [5.41, 5.74) is 2.06. The summed E-state index contributed by atoms with van der Waals surface area (Å²) in [6.45, 7) is -0.0904. The number of hydrogen-bond acceptors (Lipinski definition) is 2. The highest BCUT2D eigenvalue weighted by Crippen LogP contribution is 2.19. The second-order valence-electron chi connectivity index (χ2n) is 3.41. The molecular formula is C10H10F5NO. The number of alkyl halides is 3. The average Bonchev–Trinajstić information content (AvgIpc) is 2.15. The Bertz CT molecular complexity index is 379. The van der Waals surface area contributed by atoms with E-state index in [9.17, 15) is 22.0 Å². The molecule has 0 bridgehead atoms. The van der Waals surface area contributed by atoms with Crippen LogP contribution in [0.15, 0.2) is 18.2 Å². The van der Waals surface area contributed by atoms with Gasteiger partial charge in [0.05, 0.1) is 6.04 Å². The van der Waals surface area contributed by atoms with Crippen LogP contribution in [0.5, 0.6) is 0 Å². The van der Waals surface area contributed by atoms with Gasteiger partial charge in [-0.3, -0.25) is 4.84 Å². The van der Waals surface area contributed by atoms with E-state index in [0.717, 1.165) is 12.1 Å². The lowest BCUT2D eigenvalue weighted by molar-refractivity contribution is -0.192. The van der Waals surface area contributed by atoms with Gasteiger partial charge in [-0.25, -0.2) is 8.78 Å². The van der Waals surface area contributed by atoms with E-state index in [2.05, 4.69) is 4.84 Å². The second-order valence-corrected chi connectivity index (χ2v) is 3.41. The molecule has 0 fully saturated rings. The van der Waals surface area contributed by atoms with Crippen molar-refractivity contribution in [2.75, 3.05) is 6.61 Å². The van der Waals surface area contributed by atoms with Crippen molar-refractivity contribution in [2.45, 2.75) is 19.1 Å². The molecule has 1 aromatic rings. The standard InChI is InChI=1S/C10H10F5NO/c1-6(16-17-5-10(13,14)15)8-3-2-7(11)4-9(8)12/h2-4,6,16H,5H2,1H3. The summed E-state index contributed by atoms with van der Waals surface area (Å²) in [4.78, 5) is 4.16. The van der Waals surface area contributed by atoms with Crippen LogP contribution in [-0.4, -0.2) is 12.8 Å². The van der Waals surface area contributed by atoms with E-state index >= 15 is 0 Å². The van der Waals surface area contributed by atoms with E-state index in [0.29, 0.717) is 6.07 Å². The molecule has 1 N–H and O–H groups in total. The summed E-state index contributed by atoms with van der Waals surface area (Å²) in [5, 5.41) is 0. The van der Waals surface area contributed by atoms with E-state index in [1.165, 1.54) is 6.92 Å². The predicted octanol–water partition coefficient (Wildman–Crippen LogP) is 3.11. The van der Waals surface area contributed by atoms with Gasteiger partial charge in [-0.15, -0.1) is 0 Å². The minimum atomic E-state index is -4.46. The van der Waals surface area contributed by atoms with E-state index in [1.54, 1.807) is 0 Å². The van der Waals surface area contributed by atoms with Gasteiger partial charge in [-0.2, -0.15) is 18.7 Å². The van der Waals surface area contributed by atoms with Gasteiger partial charge in [0.25, 0.3) is 0 Å². The highest BCUT2D eigenvalue weighted by atomic mass is 19.4. The molecule has 1 atom stereocenters. The quantitative estimate of drug-likeness (QED) is 0.659. The molecule has 2 nitrogen and oxygen atoms in total. The summed E-state index contributed by atoms with van der Waals surface area (Å²) in [5.74, 6) is -1.60. The normalized spacial score (nSPS) is 13.8. The molecule has 0 aromatic heterocycles. The van der Waals surface area contributed by atoms with Gasteiger partial charge in [0.15, 0.2) is 6.61 Å². The van der Waals surface area contributed by atoms with Gasteiger partial charge in [0, 0.05) is 11.6 Å². The first kappa shape index (κ1) is 13.9. The molecule has 1 rings (SSSR count). The fourth-order valence-electron chi connectivity index (χ4n) is 1.16. The molecule has 17 heavy (non-hydrogen) atoms. The van der Waals surface area contributed by atoms with Crippen LogP contribution in [0.3, 0.4) is 0 Å². The van der Waals surface area contributed by atoms with Crippen molar-refractivity contribution in [1.82, 2.24) is 5.48 Å². The third kappa shape index (κ3) is 4.66. The molecule has 0 saturated carbocycles. The molecule has 0 heterocycles. The predicted molar refractivity (Wildman–Crippen MR) is 49.9 cm³/mol. The van der Waals surface area contributed by atoms with Crippen molar-refractivity contribution in [3.05, 3.63) is 35.4 Å². The molecule has 0 aliphatic heterocycles. The topological polar surface area (TPSA) is 21.3 Å². The third-order valence-electron chi connectivity index (χ3n) is 1.92. The van der Waals surface area contributed by atoms with Gasteiger partial charge < -0.3 is 0 Å². The number of halogens is 5. The van der Waals surface area contributed by atoms with Crippen LogP contribution < -0.4 is 5.48 Å². The zero-order valence-corrected chi connectivity index (χ0v) is 8.81. The summed E-state index contributed by atoms with van der Waals surface area (Å²) in [7, 11) is 0. The number of rotatable bonds is 4. The van der Waals surface area contributed by atoms with Crippen molar-refractivity contribution in [3.63, 3.8) is 0 Å². The van der Waals surface area contributed by atoms with Crippen LogP contribution in [0, 0.1) is 11.6 Å². The molecule has 96 valence electrons. The molecule has 0 saturated heterocycles. The van der Waals surface area contributed by atoms with Crippen LogP contribution >= 0.6 is 0 Å². The van der Waals surface area contributed by atoms with Crippen molar-refractivity contribution in [1.29, 1.82) is 0 Å². The monoisotopic (exact) mass is 255 g/mol. The Balaban J connectivity index is 2.55. The first-order valence-electron chi connectivity index (χ1n) is 4.68. The van der Waals surface area contributed by atoms with Crippen LogP contribution in [0.4, 0.5) is 22.0 Å². The first-order chi connectivity index (χ1) is 7.79. The Morgan fingerprint density at radius 1 is 1.29 bits per heavy atom. The molecule has 0 radical (unpaired) electrons. The van der Waals surface area contributed by atoms with Gasteiger partial charge >= 0.3 is 6.18 Å². The molecule has 7 heteroatoms. The Morgan fingerprint density at radius 3 is 2.47 bits per heavy atom. The average molecular weight is 255 g/mol.